The molecule has 1 aliphatic carbocycles. The lowest BCUT2D eigenvalue weighted by molar-refractivity contribution is -0.137. The fraction of sp³-hybridized carbons (Fsp3) is 0.130. The molecule has 0 saturated carbocycles. The predicted octanol–water partition coefficient (Wildman–Crippen LogP) is 5.32. The van der Waals surface area contributed by atoms with Crippen LogP contribution in [-0.4, -0.2) is 18.4 Å². The van der Waals surface area contributed by atoms with Crippen LogP contribution in [0.3, 0.4) is 0 Å². The summed E-state index contributed by atoms with van der Waals surface area (Å²) < 4.78 is 42.8. The molecule has 3 aromatic carbocycles. The van der Waals surface area contributed by atoms with E-state index in [0.717, 1.165) is 47.4 Å². The van der Waals surface area contributed by atoms with E-state index in [0.29, 0.717) is 5.56 Å². The maximum atomic E-state index is 12.6. The van der Waals surface area contributed by atoms with E-state index in [1.54, 1.807) is 12.1 Å². The molecule has 0 amide bonds. The summed E-state index contributed by atoms with van der Waals surface area (Å²) in [4.78, 5) is 24.5. The number of hydrogen-bond donors (Lipinski definition) is 0. The highest BCUT2D eigenvalue weighted by atomic mass is 19.4. The minimum atomic E-state index is -4.48. The van der Waals surface area contributed by atoms with Crippen LogP contribution in [0.4, 0.5) is 13.2 Å². The molecular weight excluding hydrogens is 381 g/mol. The molecular formula is C23H15F3O3. The van der Waals surface area contributed by atoms with E-state index in [-0.39, 0.29) is 11.3 Å². The van der Waals surface area contributed by atoms with Crippen molar-refractivity contribution in [2.75, 3.05) is 6.61 Å². The molecule has 29 heavy (non-hydrogen) atoms. The lowest BCUT2D eigenvalue weighted by Crippen LogP contribution is -2.14. The van der Waals surface area contributed by atoms with Crippen LogP contribution in [0.2, 0.25) is 0 Å². The average molecular weight is 396 g/mol. The molecule has 1 aliphatic rings. The topological polar surface area (TPSA) is 43.4 Å². The first-order valence-corrected chi connectivity index (χ1v) is 8.92. The van der Waals surface area contributed by atoms with E-state index in [4.69, 9.17) is 4.74 Å². The molecule has 0 bridgehead atoms. The van der Waals surface area contributed by atoms with Gasteiger partial charge in [-0.3, -0.25) is 4.79 Å². The Labute approximate surface area is 164 Å². The highest BCUT2D eigenvalue weighted by Gasteiger charge is 2.30. The zero-order valence-corrected chi connectivity index (χ0v) is 15.1. The summed E-state index contributed by atoms with van der Waals surface area (Å²) in [5.74, 6) is -1.23. The number of benzene rings is 3. The van der Waals surface area contributed by atoms with Crippen molar-refractivity contribution in [1.82, 2.24) is 0 Å². The Balaban J connectivity index is 1.44. The Morgan fingerprint density at radius 3 is 2.21 bits per heavy atom. The molecule has 0 unspecified atom stereocenters. The number of rotatable bonds is 4. The van der Waals surface area contributed by atoms with Crippen molar-refractivity contribution in [3.63, 3.8) is 0 Å². The zero-order chi connectivity index (χ0) is 20.6. The molecule has 6 heteroatoms. The largest absolute Gasteiger partial charge is 0.454 e. The molecule has 0 N–H and O–H groups in total. The van der Waals surface area contributed by atoms with Gasteiger partial charge in [-0.05, 0) is 59.0 Å². The summed E-state index contributed by atoms with van der Waals surface area (Å²) in [5.41, 5.74) is 3.91. The molecule has 0 fully saturated rings. The van der Waals surface area contributed by atoms with Crippen LogP contribution in [-0.2, 0) is 17.3 Å². The van der Waals surface area contributed by atoms with Crippen molar-refractivity contribution in [2.24, 2.45) is 0 Å². The van der Waals surface area contributed by atoms with E-state index >= 15 is 0 Å². The third-order valence-electron chi connectivity index (χ3n) is 4.90. The monoisotopic (exact) mass is 396 g/mol. The Morgan fingerprint density at radius 2 is 1.48 bits per heavy atom. The van der Waals surface area contributed by atoms with Crippen molar-refractivity contribution in [1.29, 1.82) is 0 Å². The fourth-order valence-electron chi connectivity index (χ4n) is 3.39. The second-order valence-electron chi connectivity index (χ2n) is 6.78. The Morgan fingerprint density at radius 1 is 0.828 bits per heavy atom. The van der Waals surface area contributed by atoms with E-state index in [1.165, 1.54) is 5.56 Å². The lowest BCUT2D eigenvalue weighted by Gasteiger charge is -2.08. The Bertz CT molecular complexity index is 1100. The van der Waals surface area contributed by atoms with Crippen LogP contribution in [0.15, 0.2) is 66.7 Å². The van der Waals surface area contributed by atoms with Crippen LogP contribution >= 0.6 is 0 Å². The zero-order valence-electron chi connectivity index (χ0n) is 15.1. The van der Waals surface area contributed by atoms with Gasteiger partial charge in [0.15, 0.2) is 12.4 Å². The normalized spacial score (nSPS) is 12.2. The molecule has 146 valence electrons. The highest BCUT2D eigenvalue weighted by molar-refractivity contribution is 6.00. The average Bonchev–Trinajstić information content (AvgIpc) is 3.09. The first-order valence-electron chi connectivity index (χ1n) is 8.92. The van der Waals surface area contributed by atoms with E-state index in [2.05, 4.69) is 0 Å². The van der Waals surface area contributed by atoms with Crippen molar-refractivity contribution < 1.29 is 27.5 Å². The smallest absolute Gasteiger partial charge is 0.416 e. The van der Waals surface area contributed by atoms with Crippen LogP contribution in [0.1, 0.15) is 37.4 Å². The first-order chi connectivity index (χ1) is 13.8. The number of hydrogen-bond acceptors (Lipinski definition) is 3. The number of ether oxygens (including phenoxy) is 1. The standard InChI is InChI=1S/C23H15F3O3/c24-23(25,26)18-9-7-14(8-10-18)22(28)29-13-21(27)17-6-5-16-11-15-3-1-2-4-19(15)20(16)12-17/h1-10,12H,11,13H2. The van der Waals surface area contributed by atoms with E-state index in [9.17, 15) is 22.8 Å². The summed E-state index contributed by atoms with van der Waals surface area (Å²) in [5, 5.41) is 0. The first kappa shape index (κ1) is 18.9. The van der Waals surface area contributed by atoms with Crippen molar-refractivity contribution >= 4 is 11.8 Å². The number of Topliss-reactive ketones (excluding diaryl/α,β-unsaturated/α-hetero) is 1. The third kappa shape index (κ3) is 3.78. The van der Waals surface area contributed by atoms with Gasteiger partial charge in [0.25, 0.3) is 0 Å². The molecule has 0 aromatic heterocycles. The second kappa shape index (κ2) is 7.20. The van der Waals surface area contributed by atoms with E-state index in [1.807, 2.05) is 30.3 Å². The second-order valence-corrected chi connectivity index (χ2v) is 6.78. The lowest BCUT2D eigenvalue weighted by atomic mass is 10.0. The molecule has 4 rings (SSSR count). The molecule has 0 radical (unpaired) electrons. The number of carbonyl (C=O) groups excluding carboxylic acids is 2. The molecule has 0 aliphatic heterocycles. The van der Waals surface area contributed by atoms with Gasteiger partial charge in [0.05, 0.1) is 11.1 Å². The summed E-state index contributed by atoms with van der Waals surface area (Å²) in [6, 6.07) is 17.0. The molecule has 0 heterocycles. The molecule has 0 atom stereocenters. The number of ketones is 1. The van der Waals surface area contributed by atoms with Gasteiger partial charge in [-0.2, -0.15) is 13.2 Å². The number of halogens is 3. The quantitative estimate of drug-likeness (QED) is 0.347. The van der Waals surface area contributed by atoms with Gasteiger partial charge >= 0.3 is 12.1 Å². The van der Waals surface area contributed by atoms with Gasteiger partial charge in [-0.25, -0.2) is 4.79 Å². The van der Waals surface area contributed by atoms with Gasteiger partial charge in [-0.1, -0.05) is 36.4 Å². The van der Waals surface area contributed by atoms with Gasteiger partial charge < -0.3 is 4.74 Å². The molecule has 0 saturated heterocycles. The number of esters is 1. The summed E-state index contributed by atoms with van der Waals surface area (Å²) >= 11 is 0. The van der Waals surface area contributed by atoms with Gasteiger partial charge in [0, 0.05) is 5.56 Å². The Hall–Kier alpha value is -3.41. The van der Waals surface area contributed by atoms with E-state index < -0.39 is 24.3 Å². The van der Waals surface area contributed by atoms with Crippen molar-refractivity contribution in [3.05, 3.63) is 94.5 Å². The SMILES string of the molecule is O=C(COC(=O)c1ccc(C(F)(F)F)cc1)c1ccc2c(c1)-c1ccccc1C2. The van der Waals surface area contributed by atoms with Gasteiger partial charge in [-0.15, -0.1) is 0 Å². The van der Waals surface area contributed by atoms with Crippen LogP contribution in [0.25, 0.3) is 11.1 Å². The summed E-state index contributed by atoms with van der Waals surface area (Å²) in [7, 11) is 0. The van der Waals surface area contributed by atoms with Crippen molar-refractivity contribution in [2.45, 2.75) is 12.6 Å². The molecule has 3 nitrogen and oxygen atoms in total. The fourth-order valence-corrected chi connectivity index (χ4v) is 3.39. The summed E-state index contributed by atoms with van der Waals surface area (Å²) in [6.45, 7) is -0.486. The third-order valence-corrected chi connectivity index (χ3v) is 4.90. The van der Waals surface area contributed by atoms with Crippen LogP contribution in [0, 0.1) is 0 Å². The maximum Gasteiger partial charge on any atom is 0.416 e. The minimum Gasteiger partial charge on any atom is -0.454 e. The summed E-state index contributed by atoms with van der Waals surface area (Å²) in [6.07, 6.45) is -3.67. The molecule has 0 spiro atoms. The van der Waals surface area contributed by atoms with Crippen molar-refractivity contribution in [3.8, 4) is 11.1 Å². The van der Waals surface area contributed by atoms with Gasteiger partial charge in [0.1, 0.15) is 0 Å². The predicted molar refractivity (Wildman–Crippen MR) is 101 cm³/mol. The molecule has 3 aromatic rings. The van der Waals surface area contributed by atoms with Crippen LogP contribution in [0.5, 0.6) is 0 Å². The van der Waals surface area contributed by atoms with Gasteiger partial charge in [0.2, 0.25) is 0 Å². The van der Waals surface area contributed by atoms with Crippen LogP contribution < -0.4 is 0 Å². The maximum absolute atomic E-state index is 12.6. The highest BCUT2D eigenvalue weighted by Crippen LogP contribution is 2.36. The number of carbonyl (C=O) groups is 2. The minimum absolute atomic E-state index is 0.0475. The number of alkyl halides is 3. The Kier molecular flexibility index (Phi) is 4.70. The number of fused-ring (bicyclic) bond motifs is 3.